The molecule has 0 unspecified atom stereocenters. The summed E-state index contributed by atoms with van der Waals surface area (Å²) in [6, 6.07) is 11.5. The fourth-order valence-electron chi connectivity index (χ4n) is 1.25. The molecule has 4 heteroatoms. The summed E-state index contributed by atoms with van der Waals surface area (Å²) in [4.78, 5) is 11.6. The second-order valence-corrected chi connectivity index (χ2v) is 5.01. The minimum Gasteiger partial charge on any atom is -0.457 e. The summed E-state index contributed by atoms with van der Waals surface area (Å²) < 4.78 is 6.36. The van der Waals surface area contributed by atoms with E-state index in [1.54, 1.807) is 17.8 Å². The molecule has 16 heavy (non-hydrogen) atoms. The summed E-state index contributed by atoms with van der Waals surface area (Å²) in [5.74, 6) is 1.90. The Labute approximate surface area is 106 Å². The van der Waals surface area contributed by atoms with Crippen molar-refractivity contribution in [2.75, 3.05) is 0 Å². The van der Waals surface area contributed by atoms with Crippen LogP contribution >= 0.6 is 27.7 Å². The Balaban J connectivity index is 2.02. The molecule has 0 aliphatic rings. The molecule has 0 bridgehead atoms. The lowest BCUT2D eigenvalue weighted by atomic mass is 10.4. The molecule has 0 radical (unpaired) electrons. The SMILES string of the molecule is O=Cc1ccc(CSc2ccccc2Br)o1. The van der Waals surface area contributed by atoms with Gasteiger partial charge in [0.25, 0.3) is 0 Å². The number of aldehydes is 1. The molecule has 0 spiro atoms. The maximum Gasteiger partial charge on any atom is 0.185 e. The standard InChI is InChI=1S/C12H9BrO2S/c13-11-3-1-2-4-12(11)16-8-10-6-5-9(7-14)15-10/h1-7H,8H2. The molecule has 0 atom stereocenters. The first-order valence-corrected chi connectivity index (χ1v) is 6.48. The molecule has 0 saturated heterocycles. The Morgan fingerprint density at radius 2 is 2.06 bits per heavy atom. The lowest BCUT2D eigenvalue weighted by molar-refractivity contribution is 0.109. The van der Waals surface area contributed by atoms with Gasteiger partial charge in [-0.3, -0.25) is 4.79 Å². The Morgan fingerprint density at radius 1 is 1.25 bits per heavy atom. The van der Waals surface area contributed by atoms with Crippen LogP contribution in [0.5, 0.6) is 0 Å². The normalized spacial score (nSPS) is 10.3. The first-order chi connectivity index (χ1) is 7.79. The third-order valence-electron chi connectivity index (χ3n) is 2.01. The zero-order valence-electron chi connectivity index (χ0n) is 8.35. The molecule has 0 N–H and O–H groups in total. The number of hydrogen-bond donors (Lipinski definition) is 0. The predicted octanol–water partition coefficient (Wildman–Crippen LogP) is 4.15. The van der Waals surface area contributed by atoms with Crippen LogP contribution < -0.4 is 0 Å². The molecule has 2 nitrogen and oxygen atoms in total. The van der Waals surface area contributed by atoms with Gasteiger partial charge in [-0.15, -0.1) is 11.8 Å². The van der Waals surface area contributed by atoms with Gasteiger partial charge in [0.1, 0.15) is 5.76 Å². The quantitative estimate of drug-likeness (QED) is 0.627. The molecule has 82 valence electrons. The van der Waals surface area contributed by atoms with Gasteiger partial charge >= 0.3 is 0 Å². The summed E-state index contributed by atoms with van der Waals surface area (Å²) in [5, 5.41) is 0. The molecular weight excluding hydrogens is 288 g/mol. The molecule has 0 saturated carbocycles. The van der Waals surface area contributed by atoms with Crippen LogP contribution in [0.15, 0.2) is 50.2 Å². The number of thioether (sulfide) groups is 1. The van der Waals surface area contributed by atoms with E-state index in [0.717, 1.165) is 20.9 Å². The van der Waals surface area contributed by atoms with Gasteiger partial charge in [0.05, 0.1) is 5.75 Å². The highest BCUT2D eigenvalue weighted by Gasteiger charge is 2.04. The number of benzene rings is 1. The molecule has 2 aromatic rings. The molecular formula is C12H9BrO2S. The molecule has 0 aliphatic heterocycles. The Hall–Kier alpha value is -1.000. The molecule has 1 aromatic heterocycles. The van der Waals surface area contributed by atoms with Gasteiger partial charge in [0.2, 0.25) is 0 Å². The fourth-order valence-corrected chi connectivity index (χ4v) is 2.71. The Morgan fingerprint density at radius 3 is 2.75 bits per heavy atom. The van der Waals surface area contributed by atoms with Crippen molar-refractivity contribution < 1.29 is 9.21 Å². The van der Waals surface area contributed by atoms with E-state index in [2.05, 4.69) is 15.9 Å². The average Bonchev–Trinajstić information content (AvgIpc) is 2.76. The average molecular weight is 297 g/mol. The number of furan rings is 1. The zero-order valence-corrected chi connectivity index (χ0v) is 10.8. The van der Waals surface area contributed by atoms with E-state index in [-0.39, 0.29) is 0 Å². The van der Waals surface area contributed by atoms with Gasteiger partial charge in [-0.05, 0) is 40.2 Å². The van der Waals surface area contributed by atoms with E-state index in [1.807, 2.05) is 30.3 Å². The van der Waals surface area contributed by atoms with Crippen LogP contribution in [0, 0.1) is 0 Å². The zero-order chi connectivity index (χ0) is 11.4. The van der Waals surface area contributed by atoms with E-state index in [0.29, 0.717) is 12.0 Å². The van der Waals surface area contributed by atoms with Gasteiger partial charge in [0, 0.05) is 9.37 Å². The van der Waals surface area contributed by atoms with Crippen molar-refractivity contribution in [2.24, 2.45) is 0 Å². The fraction of sp³-hybridized carbons (Fsp3) is 0.0833. The summed E-state index contributed by atoms with van der Waals surface area (Å²) >= 11 is 5.15. The second-order valence-electron chi connectivity index (χ2n) is 3.14. The summed E-state index contributed by atoms with van der Waals surface area (Å²) in [6.07, 6.45) is 0.715. The summed E-state index contributed by atoms with van der Waals surface area (Å²) in [5.41, 5.74) is 0. The maximum atomic E-state index is 10.4. The summed E-state index contributed by atoms with van der Waals surface area (Å²) in [6.45, 7) is 0. The van der Waals surface area contributed by atoms with Crippen LogP contribution in [-0.2, 0) is 5.75 Å². The lowest BCUT2D eigenvalue weighted by Gasteiger charge is -2.01. The smallest absolute Gasteiger partial charge is 0.185 e. The first-order valence-electron chi connectivity index (χ1n) is 4.71. The number of rotatable bonds is 4. The summed E-state index contributed by atoms with van der Waals surface area (Å²) in [7, 11) is 0. The third-order valence-corrected chi connectivity index (χ3v) is 4.05. The van der Waals surface area contributed by atoms with Crippen LogP contribution in [0.4, 0.5) is 0 Å². The highest BCUT2D eigenvalue weighted by molar-refractivity contribution is 9.10. The van der Waals surface area contributed by atoms with Crippen molar-refractivity contribution >= 4 is 34.0 Å². The van der Waals surface area contributed by atoms with E-state index in [4.69, 9.17) is 4.42 Å². The van der Waals surface area contributed by atoms with Crippen molar-refractivity contribution in [2.45, 2.75) is 10.6 Å². The molecule has 0 amide bonds. The van der Waals surface area contributed by atoms with Crippen LogP contribution in [0.25, 0.3) is 0 Å². The van der Waals surface area contributed by atoms with Crippen LogP contribution in [-0.4, -0.2) is 6.29 Å². The highest BCUT2D eigenvalue weighted by Crippen LogP contribution is 2.29. The number of hydrogen-bond acceptors (Lipinski definition) is 3. The van der Waals surface area contributed by atoms with Crippen molar-refractivity contribution in [3.05, 3.63) is 52.4 Å². The monoisotopic (exact) mass is 296 g/mol. The second kappa shape index (κ2) is 5.37. The topological polar surface area (TPSA) is 30.2 Å². The predicted molar refractivity (Wildman–Crippen MR) is 67.8 cm³/mol. The first kappa shape index (κ1) is 11.5. The Kier molecular flexibility index (Phi) is 3.85. The van der Waals surface area contributed by atoms with Crippen molar-refractivity contribution in [3.8, 4) is 0 Å². The molecule has 2 rings (SSSR count). The van der Waals surface area contributed by atoms with Crippen LogP contribution in [0.3, 0.4) is 0 Å². The minimum absolute atomic E-state index is 0.378. The highest BCUT2D eigenvalue weighted by atomic mass is 79.9. The molecule has 1 heterocycles. The van der Waals surface area contributed by atoms with Gasteiger partial charge in [-0.1, -0.05) is 12.1 Å². The van der Waals surface area contributed by atoms with Crippen molar-refractivity contribution in [1.29, 1.82) is 0 Å². The van der Waals surface area contributed by atoms with E-state index in [1.165, 1.54) is 0 Å². The number of carbonyl (C=O) groups excluding carboxylic acids is 1. The Bertz CT molecular complexity index is 493. The molecule has 0 fully saturated rings. The largest absolute Gasteiger partial charge is 0.457 e. The van der Waals surface area contributed by atoms with Gasteiger partial charge in [-0.2, -0.15) is 0 Å². The lowest BCUT2D eigenvalue weighted by Crippen LogP contribution is -1.78. The number of halogens is 1. The third kappa shape index (κ3) is 2.77. The molecule has 0 aliphatic carbocycles. The van der Waals surface area contributed by atoms with Gasteiger partial charge in [0.15, 0.2) is 12.0 Å². The maximum absolute atomic E-state index is 10.4. The van der Waals surface area contributed by atoms with E-state index >= 15 is 0 Å². The van der Waals surface area contributed by atoms with Crippen LogP contribution in [0.1, 0.15) is 16.3 Å². The van der Waals surface area contributed by atoms with Crippen molar-refractivity contribution in [1.82, 2.24) is 0 Å². The van der Waals surface area contributed by atoms with E-state index < -0.39 is 0 Å². The van der Waals surface area contributed by atoms with Gasteiger partial charge < -0.3 is 4.42 Å². The molecule has 1 aromatic carbocycles. The van der Waals surface area contributed by atoms with Gasteiger partial charge in [-0.25, -0.2) is 0 Å². The minimum atomic E-state index is 0.378. The van der Waals surface area contributed by atoms with Crippen LogP contribution in [0.2, 0.25) is 0 Å². The van der Waals surface area contributed by atoms with Crippen molar-refractivity contribution in [3.63, 3.8) is 0 Å². The van der Waals surface area contributed by atoms with E-state index in [9.17, 15) is 4.79 Å². The number of carbonyl (C=O) groups is 1.